The lowest BCUT2D eigenvalue weighted by molar-refractivity contribution is 0.0422. The van der Waals surface area contributed by atoms with E-state index >= 15 is 0 Å². The van der Waals surface area contributed by atoms with Gasteiger partial charge in [-0.05, 0) is 31.5 Å². The zero-order valence-electron chi connectivity index (χ0n) is 13.1. The number of aliphatic hydroxyl groups is 1. The van der Waals surface area contributed by atoms with Crippen molar-refractivity contribution in [2.75, 3.05) is 33.3 Å². The Balaban J connectivity index is 1.92. The first-order chi connectivity index (χ1) is 9.99. The van der Waals surface area contributed by atoms with Gasteiger partial charge in [-0.1, -0.05) is 6.07 Å². The molecule has 4 nitrogen and oxygen atoms in total. The Hall–Kier alpha value is -1.17. The first-order valence-electron chi connectivity index (χ1n) is 7.46. The normalized spacial score (nSPS) is 22.2. The van der Waals surface area contributed by atoms with Gasteiger partial charge >= 0.3 is 0 Å². The smallest absolute Gasteiger partial charge is 0.165 e. The summed E-state index contributed by atoms with van der Waals surface area (Å²) in [6.07, 6.45) is -0.297. The van der Waals surface area contributed by atoms with Crippen molar-refractivity contribution in [1.82, 2.24) is 9.80 Å². The molecule has 1 saturated heterocycles. The van der Waals surface area contributed by atoms with Crippen molar-refractivity contribution in [3.63, 3.8) is 0 Å². The number of aliphatic hydroxyl groups excluding tert-OH is 1. The Labute approximate surface area is 126 Å². The van der Waals surface area contributed by atoms with Crippen molar-refractivity contribution in [3.8, 4) is 5.75 Å². The number of hydrogen-bond acceptors (Lipinski definition) is 4. The maximum Gasteiger partial charge on any atom is 0.165 e. The van der Waals surface area contributed by atoms with Crippen LogP contribution in [0, 0.1) is 5.82 Å². The lowest BCUT2D eigenvalue weighted by Gasteiger charge is -2.40. The molecule has 0 aromatic heterocycles. The van der Waals surface area contributed by atoms with Crippen LogP contribution in [0.4, 0.5) is 4.39 Å². The van der Waals surface area contributed by atoms with Gasteiger partial charge in [0.25, 0.3) is 0 Å². The minimum absolute atomic E-state index is 0.286. The van der Waals surface area contributed by atoms with Gasteiger partial charge in [-0.25, -0.2) is 4.39 Å². The van der Waals surface area contributed by atoms with Crippen molar-refractivity contribution in [1.29, 1.82) is 0 Å². The molecular weight excluding hydrogens is 271 g/mol. The summed E-state index contributed by atoms with van der Waals surface area (Å²) in [5.41, 5.74) is 0.962. The average Bonchev–Trinajstić information content (AvgIpc) is 2.42. The SMILES string of the molecule is COc1ccc(CN2CCN(CC(C)O)C(C)C2)cc1F. The topological polar surface area (TPSA) is 35.9 Å². The van der Waals surface area contributed by atoms with E-state index < -0.39 is 0 Å². The molecule has 0 radical (unpaired) electrons. The highest BCUT2D eigenvalue weighted by atomic mass is 19.1. The molecule has 1 aliphatic rings. The van der Waals surface area contributed by atoms with E-state index in [1.165, 1.54) is 7.11 Å². The zero-order chi connectivity index (χ0) is 15.4. The van der Waals surface area contributed by atoms with Crippen LogP contribution in [0.1, 0.15) is 19.4 Å². The molecule has 0 amide bonds. The van der Waals surface area contributed by atoms with E-state index in [0.717, 1.165) is 31.7 Å². The van der Waals surface area contributed by atoms with Crippen LogP contribution in [0.25, 0.3) is 0 Å². The van der Waals surface area contributed by atoms with Crippen molar-refractivity contribution < 1.29 is 14.2 Å². The van der Waals surface area contributed by atoms with Crippen molar-refractivity contribution in [3.05, 3.63) is 29.6 Å². The fourth-order valence-corrected chi connectivity index (χ4v) is 2.89. The minimum atomic E-state index is -0.309. The molecule has 1 fully saturated rings. The highest BCUT2D eigenvalue weighted by Gasteiger charge is 2.24. The summed E-state index contributed by atoms with van der Waals surface area (Å²) in [7, 11) is 1.47. The zero-order valence-corrected chi connectivity index (χ0v) is 13.1. The average molecular weight is 296 g/mol. The van der Waals surface area contributed by atoms with Crippen LogP contribution in [0.3, 0.4) is 0 Å². The van der Waals surface area contributed by atoms with Crippen LogP contribution in [-0.2, 0) is 6.54 Å². The van der Waals surface area contributed by atoms with Gasteiger partial charge in [-0.2, -0.15) is 0 Å². The molecule has 1 aliphatic heterocycles. The van der Waals surface area contributed by atoms with E-state index in [2.05, 4.69) is 16.7 Å². The molecule has 1 aromatic carbocycles. The number of benzene rings is 1. The second-order valence-corrected chi connectivity index (χ2v) is 5.90. The highest BCUT2D eigenvalue weighted by Crippen LogP contribution is 2.20. The molecule has 2 rings (SSSR count). The van der Waals surface area contributed by atoms with E-state index in [-0.39, 0.29) is 17.7 Å². The molecule has 2 atom stereocenters. The van der Waals surface area contributed by atoms with Gasteiger partial charge in [0.2, 0.25) is 0 Å². The second-order valence-electron chi connectivity index (χ2n) is 5.90. The van der Waals surface area contributed by atoms with Crippen LogP contribution < -0.4 is 4.74 Å². The molecule has 5 heteroatoms. The van der Waals surface area contributed by atoms with Gasteiger partial charge in [-0.3, -0.25) is 9.80 Å². The standard InChI is InChI=1S/C16H25FN2O2/c1-12-9-18(6-7-19(12)10-13(2)20)11-14-4-5-16(21-3)15(17)8-14/h4-5,8,12-13,20H,6-7,9-11H2,1-3H3. The molecule has 118 valence electrons. The molecule has 2 unspecified atom stereocenters. The van der Waals surface area contributed by atoms with Gasteiger partial charge in [0, 0.05) is 38.8 Å². The maximum atomic E-state index is 13.7. The summed E-state index contributed by atoms with van der Waals surface area (Å²) >= 11 is 0. The quantitative estimate of drug-likeness (QED) is 0.897. The number of ether oxygens (including phenoxy) is 1. The molecule has 0 aliphatic carbocycles. The van der Waals surface area contributed by atoms with Gasteiger partial charge in [0.1, 0.15) is 0 Å². The number of rotatable bonds is 5. The number of nitrogens with zero attached hydrogens (tertiary/aromatic N) is 2. The molecule has 21 heavy (non-hydrogen) atoms. The Morgan fingerprint density at radius 1 is 1.43 bits per heavy atom. The monoisotopic (exact) mass is 296 g/mol. The number of methoxy groups -OCH3 is 1. The third kappa shape index (κ3) is 4.40. The van der Waals surface area contributed by atoms with Crippen LogP contribution >= 0.6 is 0 Å². The van der Waals surface area contributed by atoms with E-state index in [1.807, 2.05) is 13.0 Å². The first-order valence-corrected chi connectivity index (χ1v) is 7.46. The van der Waals surface area contributed by atoms with Gasteiger partial charge in [0.15, 0.2) is 11.6 Å². The summed E-state index contributed by atoms with van der Waals surface area (Å²) in [4.78, 5) is 4.63. The third-order valence-corrected chi connectivity index (χ3v) is 3.97. The molecule has 1 heterocycles. The summed E-state index contributed by atoms with van der Waals surface area (Å²) < 4.78 is 18.6. The lowest BCUT2D eigenvalue weighted by Crippen LogP contribution is -2.53. The summed E-state index contributed by atoms with van der Waals surface area (Å²) in [5.74, 6) is -0.0235. The fraction of sp³-hybridized carbons (Fsp3) is 0.625. The van der Waals surface area contributed by atoms with Crippen molar-refractivity contribution in [2.45, 2.75) is 32.5 Å². The largest absolute Gasteiger partial charge is 0.494 e. The van der Waals surface area contributed by atoms with Crippen molar-refractivity contribution >= 4 is 0 Å². The van der Waals surface area contributed by atoms with Crippen molar-refractivity contribution in [2.24, 2.45) is 0 Å². The molecule has 1 aromatic rings. The van der Waals surface area contributed by atoms with Gasteiger partial charge in [0.05, 0.1) is 13.2 Å². The lowest BCUT2D eigenvalue weighted by atomic mass is 10.1. The summed E-state index contributed by atoms with van der Waals surface area (Å²) in [6.45, 7) is 8.25. The van der Waals surface area contributed by atoms with E-state index in [9.17, 15) is 9.50 Å². The fourth-order valence-electron chi connectivity index (χ4n) is 2.89. The van der Waals surface area contributed by atoms with Crippen LogP contribution in [0.15, 0.2) is 18.2 Å². The number of β-amino-alcohol motifs (C(OH)–C–C–N with tert-alkyl or cyclic N) is 1. The number of halogens is 1. The van der Waals surface area contributed by atoms with Gasteiger partial charge in [-0.15, -0.1) is 0 Å². The predicted molar refractivity (Wildman–Crippen MR) is 80.9 cm³/mol. The Bertz CT molecular complexity index is 468. The Kier molecular flexibility index (Phi) is 5.56. The summed E-state index contributed by atoms with van der Waals surface area (Å²) in [5, 5.41) is 9.49. The first kappa shape index (κ1) is 16.2. The molecular formula is C16H25FN2O2. The Morgan fingerprint density at radius 3 is 2.76 bits per heavy atom. The van der Waals surface area contributed by atoms with E-state index in [4.69, 9.17) is 4.74 Å². The minimum Gasteiger partial charge on any atom is -0.494 e. The Morgan fingerprint density at radius 2 is 2.19 bits per heavy atom. The van der Waals surface area contributed by atoms with E-state index in [0.29, 0.717) is 12.6 Å². The predicted octanol–water partition coefficient (Wildman–Crippen LogP) is 1.72. The number of piperazine rings is 1. The molecule has 0 bridgehead atoms. The molecule has 0 saturated carbocycles. The molecule has 1 N–H and O–H groups in total. The van der Waals surface area contributed by atoms with E-state index in [1.54, 1.807) is 12.1 Å². The number of hydrogen-bond donors (Lipinski definition) is 1. The van der Waals surface area contributed by atoms with Crippen LogP contribution in [0.2, 0.25) is 0 Å². The second kappa shape index (κ2) is 7.20. The van der Waals surface area contributed by atoms with Crippen LogP contribution in [-0.4, -0.2) is 60.3 Å². The third-order valence-electron chi connectivity index (χ3n) is 3.97. The summed E-state index contributed by atoms with van der Waals surface area (Å²) in [6, 6.07) is 5.54. The van der Waals surface area contributed by atoms with Gasteiger partial charge < -0.3 is 9.84 Å². The highest BCUT2D eigenvalue weighted by molar-refractivity contribution is 5.29. The maximum absolute atomic E-state index is 13.7. The van der Waals surface area contributed by atoms with Crippen LogP contribution in [0.5, 0.6) is 5.75 Å². The molecule has 0 spiro atoms.